The lowest BCUT2D eigenvalue weighted by molar-refractivity contribution is -0.127. The van der Waals surface area contributed by atoms with Crippen molar-refractivity contribution in [1.29, 1.82) is 0 Å². The molecule has 3 N–H and O–H groups in total. The molecule has 0 fully saturated rings. The van der Waals surface area contributed by atoms with Crippen LogP contribution in [-0.2, 0) is 42.7 Å². The SMILES string of the molecule is CC(C)CCOCCOCCOCC(=O)NCCOCCC(=O)NCCOCCOCCOCCO. The Bertz CT molecular complexity index is 498. The van der Waals surface area contributed by atoms with Gasteiger partial charge < -0.3 is 48.9 Å². The van der Waals surface area contributed by atoms with E-state index in [1.165, 1.54) is 0 Å². The van der Waals surface area contributed by atoms with E-state index in [1.54, 1.807) is 0 Å². The Kier molecular flexibility index (Phi) is 27.1. The molecule has 0 rings (SSSR count). The molecule has 0 aromatic carbocycles. The van der Waals surface area contributed by atoms with Gasteiger partial charge in [-0.05, 0) is 12.3 Å². The third-order valence-corrected chi connectivity index (χ3v) is 4.41. The average molecular weight is 525 g/mol. The van der Waals surface area contributed by atoms with Crippen molar-refractivity contribution in [2.24, 2.45) is 5.92 Å². The third-order valence-electron chi connectivity index (χ3n) is 4.41. The zero-order chi connectivity index (χ0) is 26.5. The second kappa shape index (κ2) is 28.2. The minimum Gasteiger partial charge on any atom is -0.394 e. The number of nitrogens with one attached hydrogen (secondary N) is 2. The lowest BCUT2D eigenvalue weighted by Gasteiger charge is -2.09. The zero-order valence-corrected chi connectivity index (χ0v) is 22.1. The van der Waals surface area contributed by atoms with Crippen LogP contribution in [0.25, 0.3) is 0 Å². The molecule has 12 nitrogen and oxygen atoms in total. The minimum absolute atomic E-state index is 0.00238. The van der Waals surface area contributed by atoms with Gasteiger partial charge in [-0.2, -0.15) is 0 Å². The predicted molar refractivity (Wildman–Crippen MR) is 133 cm³/mol. The van der Waals surface area contributed by atoms with Crippen LogP contribution in [0.5, 0.6) is 0 Å². The van der Waals surface area contributed by atoms with Gasteiger partial charge in [0.25, 0.3) is 0 Å². The maximum Gasteiger partial charge on any atom is 0.246 e. The van der Waals surface area contributed by atoms with Crippen molar-refractivity contribution in [1.82, 2.24) is 10.6 Å². The maximum absolute atomic E-state index is 11.7. The van der Waals surface area contributed by atoms with Crippen LogP contribution in [0.15, 0.2) is 0 Å². The van der Waals surface area contributed by atoms with Gasteiger partial charge in [0.05, 0.1) is 85.9 Å². The van der Waals surface area contributed by atoms with Crippen LogP contribution < -0.4 is 10.6 Å². The van der Waals surface area contributed by atoms with Gasteiger partial charge in [0.15, 0.2) is 0 Å². The van der Waals surface area contributed by atoms with Crippen molar-refractivity contribution in [3.05, 3.63) is 0 Å². The molecular weight excluding hydrogens is 476 g/mol. The molecule has 0 bridgehead atoms. The number of ether oxygens (including phenoxy) is 7. The van der Waals surface area contributed by atoms with Crippen molar-refractivity contribution in [3.8, 4) is 0 Å². The van der Waals surface area contributed by atoms with Gasteiger partial charge in [-0.15, -0.1) is 0 Å². The molecule has 0 saturated carbocycles. The Morgan fingerprint density at radius 2 is 1.03 bits per heavy atom. The number of hydrogen-bond donors (Lipinski definition) is 3. The van der Waals surface area contributed by atoms with Crippen molar-refractivity contribution in [2.45, 2.75) is 26.7 Å². The second-order valence-electron chi connectivity index (χ2n) is 8.08. The number of aliphatic hydroxyl groups excluding tert-OH is 1. The molecule has 0 unspecified atom stereocenters. The number of carbonyl (C=O) groups excluding carboxylic acids is 2. The van der Waals surface area contributed by atoms with Gasteiger partial charge in [0, 0.05) is 26.1 Å². The summed E-state index contributed by atoms with van der Waals surface area (Å²) in [5, 5.41) is 14.0. The highest BCUT2D eigenvalue weighted by molar-refractivity contribution is 5.77. The van der Waals surface area contributed by atoms with Crippen LogP contribution in [0, 0.1) is 5.92 Å². The average Bonchev–Trinajstić information content (AvgIpc) is 2.85. The summed E-state index contributed by atoms with van der Waals surface area (Å²) >= 11 is 0. The first-order chi connectivity index (χ1) is 17.6. The molecule has 36 heavy (non-hydrogen) atoms. The van der Waals surface area contributed by atoms with Gasteiger partial charge >= 0.3 is 0 Å². The number of carbonyl (C=O) groups is 2. The van der Waals surface area contributed by atoms with Crippen LogP contribution in [0.2, 0.25) is 0 Å². The number of aliphatic hydroxyl groups is 1. The van der Waals surface area contributed by atoms with E-state index in [0.717, 1.165) is 13.0 Å². The van der Waals surface area contributed by atoms with Crippen LogP contribution in [0.1, 0.15) is 26.7 Å². The minimum atomic E-state index is -0.228. The first-order valence-corrected chi connectivity index (χ1v) is 12.7. The number of amides is 2. The summed E-state index contributed by atoms with van der Waals surface area (Å²) in [6.45, 7) is 10.6. The fraction of sp³-hybridized carbons (Fsp3) is 0.917. The van der Waals surface area contributed by atoms with Gasteiger partial charge in [0.1, 0.15) is 6.61 Å². The van der Waals surface area contributed by atoms with E-state index in [0.29, 0.717) is 91.7 Å². The largest absolute Gasteiger partial charge is 0.394 e. The molecule has 0 aromatic heterocycles. The van der Waals surface area contributed by atoms with E-state index in [1.807, 2.05) is 0 Å². The van der Waals surface area contributed by atoms with Crippen molar-refractivity contribution in [3.63, 3.8) is 0 Å². The smallest absolute Gasteiger partial charge is 0.246 e. The maximum atomic E-state index is 11.7. The van der Waals surface area contributed by atoms with Crippen LogP contribution in [-0.4, -0.2) is 129 Å². The third kappa shape index (κ3) is 28.9. The molecule has 0 aliphatic carbocycles. The fourth-order valence-corrected chi connectivity index (χ4v) is 2.46. The molecular formula is C24H48N2O10. The van der Waals surface area contributed by atoms with E-state index >= 15 is 0 Å². The molecule has 12 heteroatoms. The summed E-state index contributed by atoms with van der Waals surface area (Å²) in [5.41, 5.74) is 0. The first kappa shape index (κ1) is 34.6. The fourth-order valence-electron chi connectivity index (χ4n) is 2.46. The molecule has 0 aromatic rings. The van der Waals surface area contributed by atoms with Crippen molar-refractivity contribution in [2.75, 3.05) is 112 Å². The summed E-state index contributed by atoms with van der Waals surface area (Å²) < 4.78 is 37.1. The molecule has 0 aliphatic rings. The Balaban J connectivity index is 3.28. The molecule has 214 valence electrons. The number of rotatable bonds is 28. The lowest BCUT2D eigenvalue weighted by Crippen LogP contribution is -2.32. The monoisotopic (exact) mass is 524 g/mol. The highest BCUT2D eigenvalue weighted by Crippen LogP contribution is 1.98. The van der Waals surface area contributed by atoms with Gasteiger partial charge in [-0.1, -0.05) is 13.8 Å². The Labute approximate surface area is 215 Å². The summed E-state index contributed by atoms with van der Waals surface area (Å²) in [4.78, 5) is 23.4. The van der Waals surface area contributed by atoms with Crippen LogP contribution >= 0.6 is 0 Å². The Morgan fingerprint density at radius 1 is 0.583 bits per heavy atom. The van der Waals surface area contributed by atoms with Crippen LogP contribution in [0.3, 0.4) is 0 Å². The quantitative estimate of drug-likeness (QED) is 0.117. The summed E-state index contributed by atoms with van der Waals surface area (Å²) in [7, 11) is 0. The van der Waals surface area contributed by atoms with Crippen molar-refractivity contribution >= 4 is 11.8 Å². The highest BCUT2D eigenvalue weighted by Gasteiger charge is 2.03. The molecule has 0 radical (unpaired) electrons. The summed E-state index contributed by atoms with van der Waals surface area (Å²) in [5.74, 6) is 0.278. The van der Waals surface area contributed by atoms with Gasteiger partial charge in [-0.25, -0.2) is 0 Å². The van der Waals surface area contributed by atoms with E-state index in [2.05, 4.69) is 24.5 Å². The van der Waals surface area contributed by atoms with Gasteiger partial charge in [0.2, 0.25) is 11.8 Å². The van der Waals surface area contributed by atoms with E-state index in [-0.39, 0.29) is 38.1 Å². The second-order valence-corrected chi connectivity index (χ2v) is 8.08. The van der Waals surface area contributed by atoms with E-state index in [4.69, 9.17) is 38.3 Å². The molecule has 2 amide bonds. The van der Waals surface area contributed by atoms with Gasteiger partial charge in [-0.3, -0.25) is 9.59 Å². The molecule has 0 atom stereocenters. The zero-order valence-electron chi connectivity index (χ0n) is 22.1. The first-order valence-electron chi connectivity index (χ1n) is 12.7. The van der Waals surface area contributed by atoms with Crippen molar-refractivity contribution < 1.29 is 47.9 Å². The Morgan fingerprint density at radius 3 is 1.58 bits per heavy atom. The summed E-state index contributed by atoms with van der Waals surface area (Å²) in [6.07, 6.45) is 1.27. The molecule has 0 heterocycles. The molecule has 0 saturated heterocycles. The molecule has 0 aliphatic heterocycles. The number of hydrogen-bond acceptors (Lipinski definition) is 10. The summed E-state index contributed by atoms with van der Waals surface area (Å²) in [6, 6.07) is 0. The Hall–Kier alpha value is -1.38. The topological polar surface area (TPSA) is 143 Å². The lowest BCUT2D eigenvalue weighted by atomic mass is 10.1. The predicted octanol–water partition coefficient (Wildman–Crippen LogP) is -0.236. The normalized spacial score (nSPS) is 11.2. The standard InChI is InChI=1S/C24H48N2O10/c1-22(2)3-8-31-13-16-35-19-20-36-21-24(29)26-6-10-30-9-4-23(28)25-5-11-32-14-17-34-18-15-33-12-7-27/h22,27H,3-21H2,1-2H3,(H,25,28)(H,26,29). The molecule has 0 spiro atoms. The highest BCUT2D eigenvalue weighted by atomic mass is 16.6. The van der Waals surface area contributed by atoms with Crippen LogP contribution in [0.4, 0.5) is 0 Å². The van der Waals surface area contributed by atoms with E-state index in [9.17, 15) is 9.59 Å². The van der Waals surface area contributed by atoms with E-state index < -0.39 is 0 Å².